The van der Waals surface area contributed by atoms with Crippen molar-refractivity contribution in [3.8, 4) is 5.75 Å². The average Bonchev–Trinajstić information content (AvgIpc) is 2.45. The number of carbonyl (C=O) groups is 3. The molecule has 120 valence electrons. The quantitative estimate of drug-likeness (QED) is 0.639. The molecule has 0 aliphatic heterocycles. The predicted octanol–water partition coefficient (Wildman–Crippen LogP) is 1.72. The Bertz CT molecular complexity index is 580. The van der Waals surface area contributed by atoms with Crippen LogP contribution in [-0.4, -0.2) is 36.4 Å². The Morgan fingerprint density at radius 3 is 2.41 bits per heavy atom. The topological polar surface area (TPSA) is 81.7 Å². The van der Waals surface area contributed by atoms with Crippen molar-refractivity contribution in [2.24, 2.45) is 0 Å². The molecular formula is C16H21NO5. The van der Waals surface area contributed by atoms with Gasteiger partial charge in [0.2, 0.25) is 0 Å². The third-order valence-corrected chi connectivity index (χ3v) is 3.05. The maximum Gasteiger partial charge on any atom is 0.330 e. The summed E-state index contributed by atoms with van der Waals surface area (Å²) in [7, 11) is 1.25. The Morgan fingerprint density at radius 2 is 1.86 bits per heavy atom. The van der Waals surface area contributed by atoms with E-state index >= 15 is 0 Å². The molecule has 0 radical (unpaired) electrons. The summed E-state index contributed by atoms with van der Waals surface area (Å²) in [6.45, 7) is 6.09. The molecule has 0 aliphatic carbocycles. The number of esters is 1. The molecule has 6 nitrogen and oxygen atoms in total. The zero-order chi connectivity index (χ0) is 16.9. The van der Waals surface area contributed by atoms with Crippen LogP contribution in [0.2, 0.25) is 0 Å². The van der Waals surface area contributed by atoms with Crippen molar-refractivity contribution < 1.29 is 23.9 Å². The number of amides is 1. The first-order valence-electron chi connectivity index (χ1n) is 6.85. The molecule has 22 heavy (non-hydrogen) atoms. The number of ether oxygens (including phenoxy) is 2. The van der Waals surface area contributed by atoms with Gasteiger partial charge in [0.1, 0.15) is 11.3 Å². The summed E-state index contributed by atoms with van der Waals surface area (Å²) in [6, 6.07) is 6.56. The number of nitrogens with one attached hydrogen (secondary N) is 1. The largest absolute Gasteiger partial charge is 0.481 e. The van der Waals surface area contributed by atoms with E-state index in [1.54, 1.807) is 45.0 Å². The molecule has 0 saturated carbocycles. The highest BCUT2D eigenvalue weighted by atomic mass is 16.5. The Morgan fingerprint density at radius 1 is 1.23 bits per heavy atom. The molecule has 0 saturated heterocycles. The van der Waals surface area contributed by atoms with Crippen molar-refractivity contribution in [3.05, 3.63) is 29.8 Å². The first-order chi connectivity index (χ1) is 10.2. The molecule has 1 aromatic rings. The number of carbonyl (C=O) groups excluding carboxylic acids is 3. The van der Waals surface area contributed by atoms with Crippen molar-refractivity contribution in [3.63, 3.8) is 0 Å². The van der Waals surface area contributed by atoms with Crippen LogP contribution in [0.1, 0.15) is 38.1 Å². The lowest BCUT2D eigenvalue weighted by molar-refractivity contribution is -0.150. The predicted molar refractivity (Wildman–Crippen MR) is 80.8 cm³/mol. The summed E-state index contributed by atoms with van der Waals surface area (Å²) >= 11 is 0. The summed E-state index contributed by atoms with van der Waals surface area (Å²) in [6.07, 6.45) is -0.828. The van der Waals surface area contributed by atoms with Gasteiger partial charge in [0.25, 0.3) is 5.91 Å². The van der Waals surface area contributed by atoms with E-state index in [1.807, 2.05) is 0 Å². The highest BCUT2D eigenvalue weighted by Crippen LogP contribution is 2.16. The maximum atomic E-state index is 12.1. The molecule has 0 fully saturated rings. The molecule has 1 aromatic carbocycles. The fourth-order valence-electron chi connectivity index (χ4n) is 1.76. The number of rotatable bonds is 6. The molecule has 0 unspecified atom stereocenters. The lowest BCUT2D eigenvalue weighted by Gasteiger charge is -2.25. The van der Waals surface area contributed by atoms with E-state index < -0.39 is 23.5 Å². The van der Waals surface area contributed by atoms with Crippen LogP contribution < -0.4 is 10.1 Å². The van der Waals surface area contributed by atoms with Crippen molar-refractivity contribution in [1.82, 2.24) is 5.32 Å². The standard InChI is InChI=1S/C16H21NO5/c1-10(18)12-7-6-8-13(9-12)22-11(2)14(19)17-16(3,4)15(20)21-5/h6-9,11H,1-5H3,(H,17,19)/t11-/m0/s1. The molecule has 0 spiro atoms. The second kappa shape index (κ2) is 7.06. The summed E-state index contributed by atoms with van der Waals surface area (Å²) in [5.41, 5.74) is -0.648. The Balaban J connectivity index is 2.74. The maximum absolute atomic E-state index is 12.1. The van der Waals surface area contributed by atoms with Crippen molar-refractivity contribution in [2.45, 2.75) is 39.3 Å². The lowest BCUT2D eigenvalue weighted by atomic mass is 10.1. The highest BCUT2D eigenvalue weighted by molar-refractivity contribution is 5.94. The first kappa shape index (κ1) is 17.7. The minimum atomic E-state index is -1.15. The molecule has 1 atom stereocenters. The molecular weight excluding hydrogens is 286 g/mol. The molecule has 0 bridgehead atoms. The van der Waals surface area contributed by atoms with Gasteiger partial charge in [0.05, 0.1) is 7.11 Å². The molecule has 1 amide bonds. The number of hydrogen-bond acceptors (Lipinski definition) is 5. The molecule has 1 rings (SSSR count). The van der Waals surface area contributed by atoms with Crippen LogP contribution in [0, 0.1) is 0 Å². The Hall–Kier alpha value is -2.37. The van der Waals surface area contributed by atoms with Gasteiger partial charge >= 0.3 is 5.97 Å². The second-order valence-electron chi connectivity index (χ2n) is 5.45. The molecule has 0 aromatic heterocycles. The van der Waals surface area contributed by atoms with Crippen LogP contribution in [0.5, 0.6) is 5.75 Å². The van der Waals surface area contributed by atoms with Gasteiger partial charge in [-0.3, -0.25) is 9.59 Å². The monoisotopic (exact) mass is 307 g/mol. The Labute approximate surface area is 129 Å². The van der Waals surface area contributed by atoms with Crippen LogP contribution in [0.25, 0.3) is 0 Å². The fourth-order valence-corrected chi connectivity index (χ4v) is 1.76. The van der Waals surface area contributed by atoms with Gasteiger partial charge in [-0.2, -0.15) is 0 Å². The molecule has 0 heterocycles. The zero-order valence-electron chi connectivity index (χ0n) is 13.4. The summed E-state index contributed by atoms with van der Waals surface area (Å²) < 4.78 is 10.1. The van der Waals surface area contributed by atoms with Gasteiger partial charge in [-0.05, 0) is 39.8 Å². The number of benzene rings is 1. The molecule has 6 heteroatoms. The first-order valence-corrected chi connectivity index (χ1v) is 6.85. The molecule has 1 N–H and O–H groups in total. The van der Waals surface area contributed by atoms with Crippen molar-refractivity contribution in [2.75, 3.05) is 7.11 Å². The van der Waals surface area contributed by atoms with Crippen molar-refractivity contribution >= 4 is 17.7 Å². The normalized spacial score (nSPS) is 12.2. The van der Waals surface area contributed by atoms with Crippen molar-refractivity contribution in [1.29, 1.82) is 0 Å². The highest BCUT2D eigenvalue weighted by Gasteiger charge is 2.32. The minimum Gasteiger partial charge on any atom is -0.481 e. The number of Topliss-reactive ketones (excluding diaryl/α,β-unsaturated/α-hetero) is 1. The lowest BCUT2D eigenvalue weighted by Crippen LogP contribution is -2.53. The van der Waals surface area contributed by atoms with Gasteiger partial charge in [0, 0.05) is 5.56 Å². The van der Waals surface area contributed by atoms with E-state index in [0.717, 1.165) is 0 Å². The van der Waals surface area contributed by atoms with E-state index in [4.69, 9.17) is 4.74 Å². The van der Waals surface area contributed by atoms with Gasteiger partial charge < -0.3 is 14.8 Å². The van der Waals surface area contributed by atoms with Gasteiger partial charge in [-0.15, -0.1) is 0 Å². The van der Waals surface area contributed by atoms with Crippen LogP contribution in [0.4, 0.5) is 0 Å². The van der Waals surface area contributed by atoms with E-state index in [9.17, 15) is 14.4 Å². The molecule has 0 aliphatic rings. The minimum absolute atomic E-state index is 0.0885. The third-order valence-electron chi connectivity index (χ3n) is 3.05. The van der Waals surface area contributed by atoms with E-state index in [1.165, 1.54) is 14.0 Å². The summed E-state index contributed by atoms with van der Waals surface area (Å²) in [4.78, 5) is 35.0. The van der Waals surface area contributed by atoms with Gasteiger partial charge in [-0.1, -0.05) is 12.1 Å². The summed E-state index contributed by atoms with van der Waals surface area (Å²) in [5, 5.41) is 2.56. The smallest absolute Gasteiger partial charge is 0.330 e. The average molecular weight is 307 g/mol. The van der Waals surface area contributed by atoms with E-state index in [-0.39, 0.29) is 5.78 Å². The Kier molecular flexibility index (Phi) is 5.68. The second-order valence-corrected chi connectivity index (χ2v) is 5.45. The van der Waals surface area contributed by atoms with E-state index in [2.05, 4.69) is 10.1 Å². The zero-order valence-corrected chi connectivity index (χ0v) is 13.4. The van der Waals surface area contributed by atoms with Crippen LogP contribution >= 0.6 is 0 Å². The number of hydrogen-bond donors (Lipinski definition) is 1. The summed E-state index contributed by atoms with van der Waals surface area (Å²) in [5.74, 6) is -0.684. The van der Waals surface area contributed by atoms with Gasteiger partial charge in [0.15, 0.2) is 11.9 Å². The van der Waals surface area contributed by atoms with E-state index in [0.29, 0.717) is 11.3 Å². The van der Waals surface area contributed by atoms with Crippen LogP contribution in [-0.2, 0) is 14.3 Å². The van der Waals surface area contributed by atoms with Crippen LogP contribution in [0.3, 0.4) is 0 Å². The number of ketones is 1. The SMILES string of the molecule is COC(=O)C(C)(C)NC(=O)[C@H](C)Oc1cccc(C(C)=O)c1. The van der Waals surface area contributed by atoms with Crippen LogP contribution in [0.15, 0.2) is 24.3 Å². The third kappa shape index (κ3) is 4.58. The fraction of sp³-hybridized carbons (Fsp3) is 0.438. The number of methoxy groups -OCH3 is 1. The van der Waals surface area contributed by atoms with Gasteiger partial charge in [-0.25, -0.2) is 4.79 Å².